The van der Waals surface area contributed by atoms with Gasteiger partial charge in [0.25, 0.3) is 0 Å². The number of hydrogen-bond donors (Lipinski definition) is 1. The van der Waals surface area contributed by atoms with Crippen molar-refractivity contribution in [3.05, 3.63) is 35.9 Å². The van der Waals surface area contributed by atoms with E-state index in [1.165, 1.54) is 0 Å². The van der Waals surface area contributed by atoms with E-state index in [-0.39, 0.29) is 5.91 Å². The molecule has 0 aliphatic carbocycles. The van der Waals surface area contributed by atoms with Gasteiger partial charge in [-0.3, -0.25) is 4.79 Å². The fourth-order valence-electron chi connectivity index (χ4n) is 2.60. The molecule has 0 aromatic heterocycles. The Morgan fingerprint density at radius 2 is 2.20 bits per heavy atom. The molecule has 0 spiro atoms. The first-order valence-electron chi connectivity index (χ1n) is 7.36. The van der Waals surface area contributed by atoms with E-state index in [0.29, 0.717) is 18.9 Å². The summed E-state index contributed by atoms with van der Waals surface area (Å²) in [5.41, 5.74) is 7.18. The van der Waals surface area contributed by atoms with Gasteiger partial charge < -0.3 is 15.4 Å². The first kappa shape index (κ1) is 15.0. The fourth-order valence-corrected chi connectivity index (χ4v) is 2.60. The summed E-state index contributed by atoms with van der Waals surface area (Å²) in [6, 6.07) is 9.47. The molecule has 2 N–H and O–H groups in total. The highest BCUT2D eigenvalue weighted by atomic mass is 16.5. The third kappa shape index (κ3) is 4.05. The maximum atomic E-state index is 12.4. The molecule has 1 amide bonds. The summed E-state index contributed by atoms with van der Waals surface area (Å²) in [6.07, 6.45) is 1.63. The smallest absolute Gasteiger partial charge is 0.239 e. The van der Waals surface area contributed by atoms with Gasteiger partial charge in [-0.1, -0.05) is 30.3 Å². The molecule has 1 aromatic rings. The zero-order valence-corrected chi connectivity index (χ0v) is 12.1. The van der Waals surface area contributed by atoms with Gasteiger partial charge in [-0.05, 0) is 25.3 Å². The minimum Gasteiger partial charge on any atom is -0.381 e. The highest BCUT2D eigenvalue weighted by Crippen LogP contribution is 2.15. The second kappa shape index (κ2) is 7.41. The summed E-state index contributed by atoms with van der Waals surface area (Å²) in [6.45, 7) is 5.04. The van der Waals surface area contributed by atoms with Gasteiger partial charge in [-0.15, -0.1) is 0 Å². The maximum Gasteiger partial charge on any atom is 0.239 e. The summed E-state index contributed by atoms with van der Waals surface area (Å²) < 4.78 is 5.37. The van der Waals surface area contributed by atoms with Crippen LogP contribution in [0.1, 0.15) is 18.9 Å². The molecule has 4 heteroatoms. The monoisotopic (exact) mass is 276 g/mol. The third-order valence-corrected chi connectivity index (χ3v) is 3.81. The van der Waals surface area contributed by atoms with Crippen LogP contribution in [0, 0.1) is 5.92 Å². The summed E-state index contributed by atoms with van der Waals surface area (Å²) in [4.78, 5) is 14.3. The molecular formula is C16H24N2O2. The van der Waals surface area contributed by atoms with E-state index in [1.54, 1.807) is 0 Å². The molecule has 0 saturated carbocycles. The molecule has 1 aliphatic rings. The first-order valence-corrected chi connectivity index (χ1v) is 7.36. The Labute approximate surface area is 120 Å². The van der Waals surface area contributed by atoms with Gasteiger partial charge in [0.2, 0.25) is 5.91 Å². The van der Waals surface area contributed by atoms with E-state index in [0.717, 1.165) is 31.7 Å². The fraction of sp³-hybridized carbons (Fsp3) is 0.562. The zero-order valence-electron chi connectivity index (χ0n) is 12.1. The lowest BCUT2D eigenvalue weighted by molar-refractivity contribution is -0.133. The number of ether oxygens (including phenoxy) is 1. The summed E-state index contributed by atoms with van der Waals surface area (Å²) in [5.74, 6) is 0.506. The van der Waals surface area contributed by atoms with Crippen LogP contribution in [0.4, 0.5) is 0 Å². The Morgan fingerprint density at radius 1 is 1.45 bits per heavy atom. The molecular weight excluding hydrogens is 252 g/mol. The minimum absolute atomic E-state index is 0.0447. The molecule has 1 aromatic carbocycles. The van der Waals surface area contributed by atoms with Gasteiger partial charge in [0, 0.05) is 25.6 Å². The van der Waals surface area contributed by atoms with Crippen molar-refractivity contribution in [2.24, 2.45) is 11.7 Å². The minimum atomic E-state index is -0.459. The van der Waals surface area contributed by atoms with Gasteiger partial charge in [0.05, 0.1) is 12.6 Å². The van der Waals surface area contributed by atoms with Crippen molar-refractivity contribution in [1.82, 2.24) is 4.90 Å². The normalized spacial score (nSPS) is 19.8. The quantitative estimate of drug-likeness (QED) is 0.855. The van der Waals surface area contributed by atoms with Crippen LogP contribution in [0.3, 0.4) is 0 Å². The highest BCUT2D eigenvalue weighted by Gasteiger charge is 2.24. The number of nitrogens with two attached hydrogens (primary N) is 1. The molecule has 1 heterocycles. The van der Waals surface area contributed by atoms with Crippen molar-refractivity contribution < 1.29 is 9.53 Å². The number of hydrogen-bond acceptors (Lipinski definition) is 3. The van der Waals surface area contributed by atoms with E-state index in [2.05, 4.69) is 0 Å². The number of benzene rings is 1. The standard InChI is InChI=1S/C16H24N2O2/c1-2-18(11-14-8-9-20-12-14)16(19)15(17)10-13-6-4-3-5-7-13/h3-7,14-15H,2,8-12,17H2,1H3. The van der Waals surface area contributed by atoms with E-state index >= 15 is 0 Å². The largest absolute Gasteiger partial charge is 0.381 e. The molecule has 1 fully saturated rings. The number of amides is 1. The zero-order chi connectivity index (χ0) is 14.4. The van der Waals surface area contributed by atoms with Crippen molar-refractivity contribution in [2.45, 2.75) is 25.8 Å². The van der Waals surface area contributed by atoms with E-state index < -0.39 is 6.04 Å². The van der Waals surface area contributed by atoms with Crippen LogP contribution >= 0.6 is 0 Å². The Morgan fingerprint density at radius 3 is 2.80 bits per heavy atom. The maximum absolute atomic E-state index is 12.4. The number of nitrogens with zero attached hydrogens (tertiary/aromatic N) is 1. The Hall–Kier alpha value is -1.39. The molecule has 2 rings (SSSR count). The Bertz CT molecular complexity index is 416. The van der Waals surface area contributed by atoms with Crippen LogP contribution in [-0.2, 0) is 16.0 Å². The van der Waals surface area contributed by atoms with Crippen LogP contribution < -0.4 is 5.73 Å². The van der Waals surface area contributed by atoms with Gasteiger partial charge in [0.15, 0.2) is 0 Å². The van der Waals surface area contributed by atoms with Crippen molar-refractivity contribution >= 4 is 5.91 Å². The molecule has 0 radical (unpaired) electrons. The lowest BCUT2D eigenvalue weighted by Gasteiger charge is -2.26. The molecule has 0 bridgehead atoms. The van der Waals surface area contributed by atoms with Crippen LogP contribution in [0.15, 0.2) is 30.3 Å². The van der Waals surface area contributed by atoms with E-state index in [1.807, 2.05) is 42.2 Å². The second-order valence-electron chi connectivity index (χ2n) is 5.40. The third-order valence-electron chi connectivity index (χ3n) is 3.81. The number of carbonyl (C=O) groups is 1. The van der Waals surface area contributed by atoms with E-state index in [4.69, 9.17) is 10.5 Å². The first-order chi connectivity index (χ1) is 9.70. The second-order valence-corrected chi connectivity index (χ2v) is 5.40. The molecule has 1 saturated heterocycles. The lowest BCUT2D eigenvalue weighted by Crippen LogP contribution is -2.46. The molecule has 2 atom stereocenters. The van der Waals surface area contributed by atoms with Crippen molar-refractivity contribution in [1.29, 1.82) is 0 Å². The number of carbonyl (C=O) groups excluding carboxylic acids is 1. The van der Waals surface area contributed by atoms with Crippen molar-refractivity contribution in [2.75, 3.05) is 26.3 Å². The highest BCUT2D eigenvalue weighted by molar-refractivity contribution is 5.82. The molecule has 110 valence electrons. The number of rotatable bonds is 6. The predicted octanol–water partition coefficient (Wildman–Crippen LogP) is 1.44. The van der Waals surface area contributed by atoms with Gasteiger partial charge >= 0.3 is 0 Å². The van der Waals surface area contributed by atoms with Gasteiger partial charge in [-0.25, -0.2) is 0 Å². The van der Waals surface area contributed by atoms with Crippen LogP contribution in [-0.4, -0.2) is 43.2 Å². The average Bonchev–Trinajstić information content (AvgIpc) is 2.98. The predicted molar refractivity (Wildman–Crippen MR) is 79.3 cm³/mol. The lowest BCUT2D eigenvalue weighted by atomic mass is 10.0. The van der Waals surface area contributed by atoms with Crippen LogP contribution in [0.25, 0.3) is 0 Å². The van der Waals surface area contributed by atoms with Gasteiger partial charge in [-0.2, -0.15) is 0 Å². The number of likely N-dealkylation sites (N-methyl/N-ethyl adjacent to an activating group) is 1. The summed E-state index contributed by atoms with van der Waals surface area (Å²) in [7, 11) is 0. The SMILES string of the molecule is CCN(CC1CCOC1)C(=O)C(N)Cc1ccccc1. The summed E-state index contributed by atoms with van der Waals surface area (Å²) in [5, 5.41) is 0. The van der Waals surface area contributed by atoms with E-state index in [9.17, 15) is 4.79 Å². The topological polar surface area (TPSA) is 55.6 Å². The molecule has 20 heavy (non-hydrogen) atoms. The van der Waals surface area contributed by atoms with Crippen molar-refractivity contribution in [3.63, 3.8) is 0 Å². The average molecular weight is 276 g/mol. The van der Waals surface area contributed by atoms with Crippen LogP contribution in [0.2, 0.25) is 0 Å². The Balaban J connectivity index is 1.89. The van der Waals surface area contributed by atoms with Gasteiger partial charge in [0.1, 0.15) is 0 Å². The van der Waals surface area contributed by atoms with Crippen molar-refractivity contribution in [3.8, 4) is 0 Å². The summed E-state index contributed by atoms with van der Waals surface area (Å²) >= 11 is 0. The molecule has 2 unspecified atom stereocenters. The van der Waals surface area contributed by atoms with Crippen LogP contribution in [0.5, 0.6) is 0 Å². The molecule has 1 aliphatic heterocycles. The molecule has 4 nitrogen and oxygen atoms in total. The Kier molecular flexibility index (Phi) is 5.56.